The van der Waals surface area contributed by atoms with Crippen molar-refractivity contribution < 1.29 is 14.3 Å². The Kier molecular flexibility index (Phi) is 5.61. The van der Waals surface area contributed by atoms with Crippen molar-refractivity contribution >= 4 is 11.8 Å². The smallest absolute Gasteiger partial charge is 0.319 e. The molecule has 1 unspecified atom stereocenters. The Morgan fingerprint density at radius 3 is 2.33 bits per heavy atom. The predicted octanol–water partition coefficient (Wildman–Crippen LogP) is 1.84. The lowest BCUT2D eigenvalue weighted by Crippen LogP contribution is -2.39. The van der Waals surface area contributed by atoms with E-state index in [1.54, 1.807) is 13.8 Å². The fourth-order valence-electron chi connectivity index (χ4n) is 1.53. The number of Topliss-reactive ketones (excluding diaryl/α,β-unsaturated/α-hetero) is 1. The third-order valence-electron chi connectivity index (χ3n) is 2.61. The fraction of sp³-hybridized carbons (Fsp3) is 0.727. The van der Waals surface area contributed by atoms with Gasteiger partial charge in [-0.2, -0.15) is 5.26 Å². The summed E-state index contributed by atoms with van der Waals surface area (Å²) in [7, 11) is 0. The Labute approximate surface area is 90.2 Å². The summed E-state index contributed by atoms with van der Waals surface area (Å²) in [5.74, 6) is -0.728. The van der Waals surface area contributed by atoms with Crippen LogP contribution in [0.4, 0.5) is 0 Å². The lowest BCUT2D eigenvalue weighted by molar-refractivity contribution is -0.160. The molecule has 0 saturated carbocycles. The third kappa shape index (κ3) is 3.05. The van der Waals surface area contributed by atoms with Gasteiger partial charge in [-0.1, -0.05) is 6.92 Å². The van der Waals surface area contributed by atoms with Crippen LogP contribution in [0, 0.1) is 16.7 Å². The predicted molar refractivity (Wildman–Crippen MR) is 54.9 cm³/mol. The lowest BCUT2D eigenvalue weighted by Gasteiger charge is -2.26. The fourth-order valence-corrected chi connectivity index (χ4v) is 1.53. The molecule has 0 aromatic rings. The van der Waals surface area contributed by atoms with Gasteiger partial charge < -0.3 is 4.74 Å². The normalized spacial score (nSPS) is 13.7. The van der Waals surface area contributed by atoms with Crippen molar-refractivity contribution in [1.29, 1.82) is 5.26 Å². The number of rotatable bonds is 6. The zero-order valence-electron chi connectivity index (χ0n) is 9.50. The maximum atomic E-state index is 11.7. The van der Waals surface area contributed by atoms with Crippen molar-refractivity contribution in [1.82, 2.24) is 0 Å². The SMILES string of the molecule is CCOC(=O)C(CC)(CCC#N)C(C)=O. The minimum Gasteiger partial charge on any atom is -0.465 e. The van der Waals surface area contributed by atoms with E-state index >= 15 is 0 Å². The third-order valence-corrected chi connectivity index (χ3v) is 2.61. The summed E-state index contributed by atoms with van der Waals surface area (Å²) < 4.78 is 4.89. The van der Waals surface area contributed by atoms with E-state index in [0.717, 1.165) is 0 Å². The van der Waals surface area contributed by atoms with Gasteiger partial charge in [-0.25, -0.2) is 0 Å². The van der Waals surface area contributed by atoms with Crippen LogP contribution < -0.4 is 0 Å². The maximum Gasteiger partial charge on any atom is 0.319 e. The number of hydrogen-bond donors (Lipinski definition) is 0. The van der Waals surface area contributed by atoms with Gasteiger partial charge in [0.25, 0.3) is 0 Å². The molecule has 4 heteroatoms. The van der Waals surface area contributed by atoms with Gasteiger partial charge in [-0.05, 0) is 26.7 Å². The van der Waals surface area contributed by atoms with Gasteiger partial charge in [0.15, 0.2) is 0 Å². The van der Waals surface area contributed by atoms with Crippen molar-refractivity contribution in [3.05, 3.63) is 0 Å². The Morgan fingerprint density at radius 1 is 1.40 bits per heavy atom. The standard InChI is InChI=1S/C11H17NO3/c1-4-11(9(3)13,7-6-8-12)10(14)15-5-2/h4-7H2,1-3H3. The highest BCUT2D eigenvalue weighted by Crippen LogP contribution is 2.31. The van der Waals surface area contributed by atoms with Crippen LogP contribution in [0.5, 0.6) is 0 Å². The summed E-state index contributed by atoms with van der Waals surface area (Å²) in [5.41, 5.74) is -1.12. The molecule has 0 aromatic carbocycles. The van der Waals surface area contributed by atoms with E-state index in [2.05, 4.69) is 0 Å². The Hall–Kier alpha value is -1.37. The van der Waals surface area contributed by atoms with E-state index in [0.29, 0.717) is 6.42 Å². The number of esters is 1. The van der Waals surface area contributed by atoms with Crippen molar-refractivity contribution in [2.75, 3.05) is 6.61 Å². The molecule has 0 rings (SSSR count). The van der Waals surface area contributed by atoms with Crippen LogP contribution in [0.1, 0.15) is 40.0 Å². The van der Waals surface area contributed by atoms with Gasteiger partial charge in [-0.15, -0.1) is 0 Å². The molecule has 0 heterocycles. The zero-order chi connectivity index (χ0) is 11.9. The van der Waals surface area contributed by atoms with E-state index in [9.17, 15) is 9.59 Å². The average Bonchev–Trinajstić information content (AvgIpc) is 2.19. The first-order valence-electron chi connectivity index (χ1n) is 5.10. The molecule has 0 spiro atoms. The second kappa shape index (κ2) is 6.18. The highest BCUT2D eigenvalue weighted by atomic mass is 16.5. The number of carbonyl (C=O) groups excluding carboxylic acids is 2. The summed E-state index contributed by atoms with van der Waals surface area (Å²) in [5, 5.41) is 8.51. The van der Waals surface area contributed by atoms with Crippen molar-refractivity contribution in [3.8, 4) is 6.07 Å². The molecule has 15 heavy (non-hydrogen) atoms. The summed E-state index contributed by atoms with van der Waals surface area (Å²) in [6.45, 7) is 5.08. The van der Waals surface area contributed by atoms with E-state index in [4.69, 9.17) is 10.00 Å². The van der Waals surface area contributed by atoms with Crippen LogP contribution in [0.15, 0.2) is 0 Å². The summed E-state index contributed by atoms with van der Waals surface area (Å²) in [6.07, 6.45) is 0.809. The zero-order valence-corrected chi connectivity index (χ0v) is 9.50. The van der Waals surface area contributed by atoms with Crippen LogP contribution in [-0.4, -0.2) is 18.4 Å². The molecule has 0 aliphatic heterocycles. The molecular formula is C11H17NO3. The number of hydrogen-bond acceptors (Lipinski definition) is 4. The van der Waals surface area contributed by atoms with E-state index in [-0.39, 0.29) is 25.2 Å². The second-order valence-corrected chi connectivity index (χ2v) is 3.37. The molecule has 0 radical (unpaired) electrons. The monoisotopic (exact) mass is 211 g/mol. The number of nitriles is 1. The molecule has 0 saturated heterocycles. The number of carbonyl (C=O) groups is 2. The molecule has 0 amide bonds. The summed E-state index contributed by atoms with van der Waals surface area (Å²) in [4.78, 5) is 23.2. The average molecular weight is 211 g/mol. The summed E-state index contributed by atoms with van der Waals surface area (Å²) >= 11 is 0. The quantitative estimate of drug-likeness (QED) is 0.496. The van der Waals surface area contributed by atoms with Gasteiger partial charge >= 0.3 is 5.97 Å². The summed E-state index contributed by atoms with van der Waals surface area (Å²) in [6, 6.07) is 1.95. The minimum atomic E-state index is -1.12. The molecule has 0 aliphatic carbocycles. The van der Waals surface area contributed by atoms with Gasteiger partial charge in [0.1, 0.15) is 11.2 Å². The van der Waals surface area contributed by atoms with E-state index in [1.807, 2.05) is 6.07 Å². The second-order valence-electron chi connectivity index (χ2n) is 3.37. The topological polar surface area (TPSA) is 67.2 Å². The van der Waals surface area contributed by atoms with Crippen LogP contribution in [0.25, 0.3) is 0 Å². The number of ketones is 1. The largest absolute Gasteiger partial charge is 0.465 e. The van der Waals surface area contributed by atoms with Crippen molar-refractivity contribution in [2.45, 2.75) is 40.0 Å². The first kappa shape index (κ1) is 13.6. The van der Waals surface area contributed by atoms with E-state index in [1.165, 1.54) is 6.92 Å². The number of nitrogens with zero attached hydrogens (tertiary/aromatic N) is 1. The molecular weight excluding hydrogens is 194 g/mol. The molecule has 0 bridgehead atoms. The molecule has 0 fully saturated rings. The van der Waals surface area contributed by atoms with Crippen LogP contribution in [0.2, 0.25) is 0 Å². The molecule has 0 N–H and O–H groups in total. The van der Waals surface area contributed by atoms with Gasteiger partial charge in [0.2, 0.25) is 0 Å². The molecule has 0 aliphatic rings. The lowest BCUT2D eigenvalue weighted by atomic mass is 9.77. The highest BCUT2D eigenvalue weighted by molar-refractivity contribution is 6.02. The van der Waals surface area contributed by atoms with Crippen molar-refractivity contribution in [2.24, 2.45) is 5.41 Å². The Morgan fingerprint density at radius 2 is 2.00 bits per heavy atom. The molecule has 4 nitrogen and oxygen atoms in total. The Balaban J connectivity index is 4.89. The first-order chi connectivity index (χ1) is 7.05. The van der Waals surface area contributed by atoms with Crippen LogP contribution >= 0.6 is 0 Å². The number of ether oxygens (including phenoxy) is 1. The van der Waals surface area contributed by atoms with Gasteiger partial charge in [-0.3, -0.25) is 9.59 Å². The first-order valence-corrected chi connectivity index (χ1v) is 5.10. The van der Waals surface area contributed by atoms with Crippen LogP contribution in [-0.2, 0) is 14.3 Å². The van der Waals surface area contributed by atoms with Crippen LogP contribution in [0.3, 0.4) is 0 Å². The Bertz CT molecular complexity index is 280. The maximum absolute atomic E-state index is 11.7. The van der Waals surface area contributed by atoms with Gasteiger partial charge in [0.05, 0.1) is 12.7 Å². The van der Waals surface area contributed by atoms with E-state index < -0.39 is 11.4 Å². The van der Waals surface area contributed by atoms with Gasteiger partial charge in [0, 0.05) is 6.42 Å². The highest BCUT2D eigenvalue weighted by Gasteiger charge is 2.42. The minimum absolute atomic E-state index is 0.187. The van der Waals surface area contributed by atoms with Crippen molar-refractivity contribution in [3.63, 3.8) is 0 Å². The molecule has 84 valence electrons. The molecule has 1 atom stereocenters. The molecule has 0 aromatic heterocycles.